The zero-order valence-electron chi connectivity index (χ0n) is 16.8. The highest BCUT2D eigenvalue weighted by atomic mass is 16.5. The van der Waals surface area contributed by atoms with Crippen molar-refractivity contribution in [1.82, 2.24) is 5.32 Å². The fourth-order valence-electron chi connectivity index (χ4n) is 2.90. The van der Waals surface area contributed by atoms with E-state index < -0.39 is 6.04 Å². The number of hydrogen-bond donors (Lipinski definition) is 2. The van der Waals surface area contributed by atoms with Gasteiger partial charge in [-0.15, -0.1) is 0 Å². The Kier molecular flexibility index (Phi) is 7.07. The first-order chi connectivity index (χ1) is 12.9. The van der Waals surface area contributed by atoms with E-state index in [1.165, 1.54) is 0 Å². The SMILES string of the molecule is COc1ccc(NC(=O)C(C)NC(C)c2cc(C)ccc2OC)cc1OC. The number of hydrogen-bond acceptors (Lipinski definition) is 5. The van der Waals surface area contributed by atoms with E-state index in [9.17, 15) is 4.79 Å². The van der Waals surface area contributed by atoms with Gasteiger partial charge in [0.2, 0.25) is 5.91 Å². The summed E-state index contributed by atoms with van der Waals surface area (Å²) in [4.78, 5) is 12.6. The predicted molar refractivity (Wildman–Crippen MR) is 107 cm³/mol. The summed E-state index contributed by atoms with van der Waals surface area (Å²) in [6.07, 6.45) is 0. The van der Waals surface area contributed by atoms with Crippen LogP contribution < -0.4 is 24.8 Å². The maximum Gasteiger partial charge on any atom is 0.241 e. The zero-order valence-corrected chi connectivity index (χ0v) is 16.8. The van der Waals surface area contributed by atoms with Gasteiger partial charge in [0.25, 0.3) is 0 Å². The molecule has 2 atom stereocenters. The normalized spacial score (nSPS) is 12.8. The molecule has 27 heavy (non-hydrogen) atoms. The number of carbonyl (C=O) groups excluding carboxylic acids is 1. The maximum atomic E-state index is 12.6. The number of benzene rings is 2. The first kappa shape index (κ1) is 20.6. The second-order valence-electron chi connectivity index (χ2n) is 6.41. The number of anilines is 1. The molecule has 2 aromatic carbocycles. The van der Waals surface area contributed by atoms with E-state index in [4.69, 9.17) is 14.2 Å². The summed E-state index contributed by atoms with van der Waals surface area (Å²) in [6.45, 7) is 5.87. The highest BCUT2D eigenvalue weighted by molar-refractivity contribution is 5.94. The van der Waals surface area contributed by atoms with Crippen molar-refractivity contribution in [2.24, 2.45) is 0 Å². The molecular weight excluding hydrogens is 344 g/mol. The molecule has 0 aliphatic rings. The van der Waals surface area contributed by atoms with E-state index >= 15 is 0 Å². The summed E-state index contributed by atoms with van der Waals surface area (Å²) in [5.74, 6) is 1.84. The van der Waals surface area contributed by atoms with Crippen molar-refractivity contribution in [3.63, 3.8) is 0 Å². The number of aryl methyl sites for hydroxylation is 1. The molecule has 0 spiro atoms. The average molecular weight is 372 g/mol. The molecule has 0 aliphatic carbocycles. The van der Waals surface area contributed by atoms with Gasteiger partial charge in [0.1, 0.15) is 5.75 Å². The Labute approximate surface area is 160 Å². The van der Waals surface area contributed by atoms with Gasteiger partial charge in [-0.05, 0) is 39.0 Å². The first-order valence-corrected chi connectivity index (χ1v) is 8.83. The number of ether oxygens (including phenoxy) is 3. The molecule has 0 bridgehead atoms. The van der Waals surface area contributed by atoms with Crippen LogP contribution in [0.1, 0.15) is 31.0 Å². The molecule has 2 unspecified atom stereocenters. The third-order valence-corrected chi connectivity index (χ3v) is 4.40. The van der Waals surface area contributed by atoms with Gasteiger partial charge in [-0.3, -0.25) is 10.1 Å². The van der Waals surface area contributed by atoms with Crippen molar-refractivity contribution in [2.45, 2.75) is 32.9 Å². The number of rotatable bonds is 8. The molecule has 0 aromatic heterocycles. The minimum atomic E-state index is -0.404. The van der Waals surface area contributed by atoms with Gasteiger partial charge in [-0.2, -0.15) is 0 Å². The molecule has 6 nitrogen and oxygen atoms in total. The molecule has 0 radical (unpaired) electrons. The molecule has 0 saturated heterocycles. The summed E-state index contributed by atoms with van der Waals surface area (Å²) in [5.41, 5.74) is 2.80. The van der Waals surface area contributed by atoms with E-state index in [2.05, 4.69) is 16.7 Å². The maximum absolute atomic E-state index is 12.6. The second kappa shape index (κ2) is 9.28. The minimum absolute atomic E-state index is 0.0500. The van der Waals surface area contributed by atoms with Gasteiger partial charge in [0, 0.05) is 23.4 Å². The summed E-state index contributed by atoms with van der Waals surface area (Å²) in [5, 5.41) is 6.22. The quantitative estimate of drug-likeness (QED) is 0.739. The van der Waals surface area contributed by atoms with Crippen molar-refractivity contribution in [3.05, 3.63) is 47.5 Å². The van der Waals surface area contributed by atoms with Crippen molar-refractivity contribution >= 4 is 11.6 Å². The van der Waals surface area contributed by atoms with Crippen LogP contribution in [0.2, 0.25) is 0 Å². The van der Waals surface area contributed by atoms with E-state index in [0.717, 1.165) is 16.9 Å². The first-order valence-electron chi connectivity index (χ1n) is 8.83. The molecule has 1 amide bonds. The number of methoxy groups -OCH3 is 3. The highest BCUT2D eigenvalue weighted by Gasteiger charge is 2.19. The summed E-state index contributed by atoms with van der Waals surface area (Å²) in [7, 11) is 4.78. The van der Waals surface area contributed by atoms with Crippen LogP contribution in [-0.4, -0.2) is 33.3 Å². The molecule has 6 heteroatoms. The van der Waals surface area contributed by atoms with Gasteiger partial charge < -0.3 is 19.5 Å². The lowest BCUT2D eigenvalue weighted by Crippen LogP contribution is -2.39. The molecule has 0 heterocycles. The van der Waals surface area contributed by atoms with Crippen LogP contribution >= 0.6 is 0 Å². The fourth-order valence-corrected chi connectivity index (χ4v) is 2.90. The van der Waals surface area contributed by atoms with Crippen molar-refractivity contribution < 1.29 is 19.0 Å². The second-order valence-corrected chi connectivity index (χ2v) is 6.41. The third kappa shape index (κ3) is 5.14. The fraction of sp³-hybridized carbons (Fsp3) is 0.381. The van der Waals surface area contributed by atoms with Gasteiger partial charge in [-0.1, -0.05) is 17.7 Å². The lowest BCUT2D eigenvalue weighted by Gasteiger charge is -2.22. The van der Waals surface area contributed by atoms with E-state index in [-0.39, 0.29) is 11.9 Å². The van der Waals surface area contributed by atoms with Gasteiger partial charge in [0.15, 0.2) is 11.5 Å². The largest absolute Gasteiger partial charge is 0.496 e. The molecule has 0 saturated carbocycles. The van der Waals surface area contributed by atoms with E-state index in [0.29, 0.717) is 17.2 Å². The van der Waals surface area contributed by atoms with E-state index in [1.807, 2.05) is 32.9 Å². The Morgan fingerprint density at radius 3 is 2.15 bits per heavy atom. The Balaban J connectivity index is 2.06. The summed E-state index contributed by atoms with van der Waals surface area (Å²) in [6, 6.07) is 10.8. The van der Waals surface area contributed by atoms with E-state index in [1.54, 1.807) is 39.5 Å². The topological polar surface area (TPSA) is 68.8 Å². The number of amides is 1. The lowest BCUT2D eigenvalue weighted by molar-refractivity contribution is -0.117. The predicted octanol–water partition coefficient (Wildman–Crippen LogP) is 3.70. The Hall–Kier alpha value is -2.73. The minimum Gasteiger partial charge on any atom is -0.496 e. The van der Waals surface area contributed by atoms with Crippen LogP contribution in [0, 0.1) is 6.92 Å². The van der Waals surface area contributed by atoms with Crippen molar-refractivity contribution in [3.8, 4) is 17.2 Å². The standard InChI is InChI=1S/C21H28N2O4/c1-13-7-9-18(25-4)17(11-13)14(2)22-15(3)21(24)23-16-8-10-19(26-5)20(12-16)27-6/h7-12,14-15,22H,1-6H3,(H,23,24). The number of nitrogens with one attached hydrogen (secondary N) is 2. The third-order valence-electron chi connectivity index (χ3n) is 4.40. The van der Waals surface area contributed by atoms with Gasteiger partial charge in [-0.25, -0.2) is 0 Å². The summed E-state index contributed by atoms with van der Waals surface area (Å²) < 4.78 is 15.9. The van der Waals surface area contributed by atoms with Crippen LogP contribution in [0.5, 0.6) is 17.2 Å². The smallest absolute Gasteiger partial charge is 0.241 e. The zero-order chi connectivity index (χ0) is 20.0. The van der Waals surface area contributed by atoms with Crippen LogP contribution in [0.3, 0.4) is 0 Å². The molecule has 2 N–H and O–H groups in total. The highest BCUT2D eigenvalue weighted by Crippen LogP contribution is 2.30. The summed E-state index contributed by atoms with van der Waals surface area (Å²) >= 11 is 0. The van der Waals surface area contributed by atoms with Crippen molar-refractivity contribution in [2.75, 3.05) is 26.6 Å². The molecule has 2 aromatic rings. The molecular formula is C21H28N2O4. The molecule has 0 aliphatic heterocycles. The number of carbonyl (C=O) groups is 1. The lowest BCUT2D eigenvalue weighted by atomic mass is 10.0. The van der Waals surface area contributed by atoms with Crippen molar-refractivity contribution in [1.29, 1.82) is 0 Å². The Morgan fingerprint density at radius 1 is 0.889 bits per heavy atom. The van der Waals surface area contributed by atoms with Crippen LogP contribution in [-0.2, 0) is 4.79 Å². The van der Waals surface area contributed by atoms with Crippen LogP contribution in [0.15, 0.2) is 36.4 Å². The van der Waals surface area contributed by atoms with Crippen LogP contribution in [0.25, 0.3) is 0 Å². The van der Waals surface area contributed by atoms with Crippen LogP contribution in [0.4, 0.5) is 5.69 Å². The molecule has 146 valence electrons. The monoisotopic (exact) mass is 372 g/mol. The Morgan fingerprint density at radius 2 is 1.52 bits per heavy atom. The molecule has 0 fully saturated rings. The van der Waals surface area contributed by atoms with Gasteiger partial charge in [0.05, 0.1) is 27.4 Å². The van der Waals surface area contributed by atoms with Gasteiger partial charge >= 0.3 is 0 Å². The Bertz CT molecular complexity index is 792. The average Bonchev–Trinajstić information content (AvgIpc) is 2.67. The molecule has 2 rings (SSSR count).